The number of benzene rings is 2. The average Bonchev–Trinajstić information content (AvgIpc) is 3.30. The second kappa shape index (κ2) is 5.36. The Morgan fingerprint density at radius 2 is 1.67 bits per heavy atom. The van der Waals surface area contributed by atoms with Gasteiger partial charge in [0, 0.05) is 0 Å². The summed E-state index contributed by atoms with van der Waals surface area (Å²) in [6.07, 6.45) is 1.90. The van der Waals surface area contributed by atoms with E-state index in [1.54, 1.807) is 0 Å². The zero-order valence-electron chi connectivity index (χ0n) is 12.6. The third kappa shape index (κ3) is 2.71. The number of rotatable bonds is 4. The van der Waals surface area contributed by atoms with Gasteiger partial charge in [-0.25, -0.2) is 0 Å². The molecule has 1 aliphatic rings. The van der Waals surface area contributed by atoms with Crippen molar-refractivity contribution in [1.82, 2.24) is 5.32 Å². The van der Waals surface area contributed by atoms with Gasteiger partial charge >= 0.3 is 0 Å². The van der Waals surface area contributed by atoms with Gasteiger partial charge in [-0.2, -0.15) is 0 Å². The van der Waals surface area contributed by atoms with Crippen LogP contribution in [-0.2, 0) is 10.2 Å². The zero-order valence-corrected chi connectivity index (χ0v) is 12.6. The standard InChI is InChI=1S/C19H21NO/c1-14-8-10-17(11-9-14)19(12-13-19)18(21)20-15(2)16-6-4-3-5-7-16/h3-11,15H,12-13H2,1-2H3,(H,20,21). The van der Waals surface area contributed by atoms with Crippen LogP contribution in [0, 0.1) is 6.92 Å². The minimum absolute atomic E-state index is 0.0432. The van der Waals surface area contributed by atoms with Crippen LogP contribution in [0.25, 0.3) is 0 Å². The SMILES string of the molecule is Cc1ccc(C2(C(=O)NC(C)c3ccccc3)CC2)cc1. The maximum Gasteiger partial charge on any atom is 0.231 e. The molecular weight excluding hydrogens is 258 g/mol. The van der Waals surface area contributed by atoms with Gasteiger partial charge in [-0.3, -0.25) is 4.79 Å². The highest BCUT2D eigenvalue weighted by molar-refractivity contribution is 5.91. The van der Waals surface area contributed by atoms with Gasteiger partial charge in [0.15, 0.2) is 0 Å². The topological polar surface area (TPSA) is 29.1 Å². The van der Waals surface area contributed by atoms with E-state index in [0.29, 0.717) is 0 Å². The predicted octanol–water partition coefficient (Wildman–Crippen LogP) is 3.90. The van der Waals surface area contributed by atoms with Crippen LogP contribution >= 0.6 is 0 Å². The fraction of sp³-hybridized carbons (Fsp3) is 0.316. The second-order valence-corrected chi connectivity index (χ2v) is 6.05. The fourth-order valence-corrected chi connectivity index (χ4v) is 2.80. The highest BCUT2D eigenvalue weighted by atomic mass is 16.2. The Morgan fingerprint density at radius 3 is 2.24 bits per heavy atom. The first-order chi connectivity index (χ1) is 10.1. The molecule has 21 heavy (non-hydrogen) atoms. The molecule has 0 saturated heterocycles. The normalized spacial score (nSPS) is 17.0. The average molecular weight is 279 g/mol. The van der Waals surface area contributed by atoms with Gasteiger partial charge < -0.3 is 5.32 Å². The highest BCUT2D eigenvalue weighted by Gasteiger charge is 2.51. The molecule has 0 radical (unpaired) electrons. The number of nitrogens with one attached hydrogen (secondary N) is 1. The number of hydrogen-bond acceptors (Lipinski definition) is 1. The van der Waals surface area contributed by atoms with E-state index in [9.17, 15) is 4.79 Å². The molecule has 1 fully saturated rings. The van der Waals surface area contributed by atoms with Crippen molar-refractivity contribution >= 4 is 5.91 Å². The summed E-state index contributed by atoms with van der Waals surface area (Å²) in [5, 5.41) is 3.17. The van der Waals surface area contributed by atoms with Crippen LogP contribution in [0.15, 0.2) is 54.6 Å². The molecule has 1 aliphatic carbocycles. The van der Waals surface area contributed by atoms with Crippen molar-refractivity contribution in [3.05, 3.63) is 71.3 Å². The maximum absolute atomic E-state index is 12.7. The highest BCUT2D eigenvalue weighted by Crippen LogP contribution is 2.48. The molecule has 0 bridgehead atoms. The van der Waals surface area contributed by atoms with Crippen molar-refractivity contribution in [3.63, 3.8) is 0 Å². The minimum Gasteiger partial charge on any atom is -0.349 e. The number of amides is 1. The Morgan fingerprint density at radius 1 is 1.05 bits per heavy atom. The maximum atomic E-state index is 12.7. The molecule has 0 spiro atoms. The zero-order chi connectivity index (χ0) is 14.9. The van der Waals surface area contributed by atoms with E-state index in [1.165, 1.54) is 5.56 Å². The minimum atomic E-state index is -0.295. The van der Waals surface area contributed by atoms with E-state index in [0.717, 1.165) is 24.0 Å². The van der Waals surface area contributed by atoms with Crippen LogP contribution in [0.4, 0.5) is 0 Å². The molecular formula is C19H21NO. The van der Waals surface area contributed by atoms with Gasteiger partial charge in [-0.05, 0) is 37.8 Å². The lowest BCUT2D eigenvalue weighted by atomic mass is 9.93. The van der Waals surface area contributed by atoms with E-state index >= 15 is 0 Å². The quantitative estimate of drug-likeness (QED) is 0.903. The fourth-order valence-electron chi connectivity index (χ4n) is 2.80. The van der Waals surface area contributed by atoms with E-state index < -0.39 is 0 Å². The molecule has 2 nitrogen and oxygen atoms in total. The van der Waals surface area contributed by atoms with Crippen molar-refractivity contribution in [3.8, 4) is 0 Å². The third-order valence-corrected chi connectivity index (χ3v) is 4.44. The second-order valence-electron chi connectivity index (χ2n) is 6.05. The van der Waals surface area contributed by atoms with E-state index in [4.69, 9.17) is 0 Å². The smallest absolute Gasteiger partial charge is 0.231 e. The molecule has 0 aliphatic heterocycles. The molecule has 0 heterocycles. The first-order valence-corrected chi connectivity index (χ1v) is 7.55. The largest absolute Gasteiger partial charge is 0.349 e. The number of hydrogen-bond donors (Lipinski definition) is 1. The molecule has 3 rings (SSSR count). The number of aryl methyl sites for hydroxylation is 1. The molecule has 1 unspecified atom stereocenters. The molecule has 1 atom stereocenters. The molecule has 2 aromatic rings. The van der Waals surface area contributed by atoms with Crippen LogP contribution in [0.3, 0.4) is 0 Å². The van der Waals surface area contributed by atoms with Crippen molar-refractivity contribution in [2.24, 2.45) is 0 Å². The van der Waals surface area contributed by atoms with E-state index in [-0.39, 0.29) is 17.4 Å². The third-order valence-electron chi connectivity index (χ3n) is 4.44. The summed E-state index contributed by atoms with van der Waals surface area (Å²) >= 11 is 0. The molecule has 1 amide bonds. The first-order valence-electron chi connectivity index (χ1n) is 7.55. The van der Waals surface area contributed by atoms with Gasteiger partial charge in [0.05, 0.1) is 11.5 Å². The summed E-state index contributed by atoms with van der Waals surface area (Å²) in [7, 11) is 0. The van der Waals surface area contributed by atoms with Crippen LogP contribution in [0.2, 0.25) is 0 Å². The van der Waals surface area contributed by atoms with Crippen LogP contribution < -0.4 is 5.32 Å². The summed E-state index contributed by atoms with van der Waals surface area (Å²) in [4.78, 5) is 12.7. The molecule has 1 saturated carbocycles. The van der Waals surface area contributed by atoms with Gasteiger partial charge in [0.2, 0.25) is 5.91 Å². The van der Waals surface area contributed by atoms with Gasteiger partial charge in [-0.15, -0.1) is 0 Å². The van der Waals surface area contributed by atoms with Gasteiger partial charge in [0.25, 0.3) is 0 Å². The summed E-state index contributed by atoms with van der Waals surface area (Å²) in [5.74, 6) is 0.155. The molecule has 2 heteroatoms. The van der Waals surface area contributed by atoms with Crippen LogP contribution in [0.5, 0.6) is 0 Å². The Bertz CT molecular complexity index is 626. The number of carbonyl (C=O) groups is 1. The van der Waals surface area contributed by atoms with Gasteiger partial charge in [0.1, 0.15) is 0 Å². The van der Waals surface area contributed by atoms with Crippen molar-refractivity contribution in [2.45, 2.75) is 38.1 Å². The predicted molar refractivity (Wildman–Crippen MR) is 85.1 cm³/mol. The van der Waals surface area contributed by atoms with Crippen molar-refractivity contribution in [2.75, 3.05) is 0 Å². The Hall–Kier alpha value is -2.09. The Kier molecular flexibility index (Phi) is 3.54. The molecule has 1 N–H and O–H groups in total. The summed E-state index contributed by atoms with van der Waals surface area (Å²) in [5.41, 5.74) is 3.22. The van der Waals surface area contributed by atoms with Crippen LogP contribution in [0.1, 0.15) is 42.5 Å². The van der Waals surface area contributed by atoms with Crippen molar-refractivity contribution in [1.29, 1.82) is 0 Å². The molecule has 108 valence electrons. The van der Waals surface area contributed by atoms with Gasteiger partial charge in [-0.1, -0.05) is 60.2 Å². The summed E-state index contributed by atoms with van der Waals surface area (Å²) in [6, 6.07) is 18.5. The molecule has 2 aromatic carbocycles. The van der Waals surface area contributed by atoms with E-state index in [1.807, 2.05) is 25.1 Å². The van der Waals surface area contributed by atoms with Crippen LogP contribution in [-0.4, -0.2) is 5.91 Å². The Balaban J connectivity index is 1.75. The lowest BCUT2D eigenvalue weighted by molar-refractivity contribution is -0.124. The number of carbonyl (C=O) groups excluding carboxylic acids is 1. The lowest BCUT2D eigenvalue weighted by Gasteiger charge is -2.20. The van der Waals surface area contributed by atoms with Crippen molar-refractivity contribution < 1.29 is 4.79 Å². The molecule has 0 aromatic heterocycles. The summed E-state index contributed by atoms with van der Waals surface area (Å²) < 4.78 is 0. The lowest BCUT2D eigenvalue weighted by Crippen LogP contribution is -2.36. The van der Waals surface area contributed by atoms with E-state index in [2.05, 4.69) is 48.6 Å². The summed E-state index contributed by atoms with van der Waals surface area (Å²) in [6.45, 7) is 4.11. The first kappa shape index (κ1) is 13.9. The monoisotopic (exact) mass is 279 g/mol. The Labute approximate surface area is 126 Å².